The third-order valence-corrected chi connectivity index (χ3v) is 4.67. The van der Waals surface area contributed by atoms with Crippen LogP contribution >= 0.6 is 11.3 Å². The first-order valence-electron chi connectivity index (χ1n) is 6.80. The lowest BCUT2D eigenvalue weighted by molar-refractivity contribution is 0.0223. The molecule has 0 bridgehead atoms. The van der Waals surface area contributed by atoms with Gasteiger partial charge in [0, 0.05) is 26.2 Å². The molecular weight excluding hydrogens is 244 g/mol. The molecule has 102 valence electrons. The summed E-state index contributed by atoms with van der Waals surface area (Å²) in [5.41, 5.74) is 7.72. The number of rotatable bonds is 5. The van der Waals surface area contributed by atoms with Gasteiger partial charge >= 0.3 is 0 Å². The second-order valence-corrected chi connectivity index (χ2v) is 5.82. The Bertz CT molecular complexity index is 334. The van der Waals surface area contributed by atoms with Crippen LogP contribution in [0, 0.1) is 0 Å². The van der Waals surface area contributed by atoms with Gasteiger partial charge in [0.1, 0.15) is 0 Å². The number of nitrogens with two attached hydrogens (primary N) is 1. The van der Waals surface area contributed by atoms with Gasteiger partial charge in [-0.3, -0.25) is 4.90 Å². The molecule has 1 aromatic heterocycles. The van der Waals surface area contributed by atoms with Crippen molar-refractivity contribution in [2.45, 2.75) is 44.4 Å². The molecule has 1 aliphatic rings. The molecule has 1 aromatic rings. The van der Waals surface area contributed by atoms with E-state index >= 15 is 0 Å². The zero-order valence-corrected chi connectivity index (χ0v) is 12.2. The number of thiophene rings is 1. The fraction of sp³-hybridized carbons (Fsp3) is 0.714. The lowest BCUT2D eigenvalue weighted by Gasteiger charge is -2.39. The second-order valence-electron chi connectivity index (χ2n) is 5.04. The summed E-state index contributed by atoms with van der Waals surface area (Å²) in [6.45, 7) is 4.35. The van der Waals surface area contributed by atoms with Gasteiger partial charge in [0.2, 0.25) is 0 Å². The van der Waals surface area contributed by atoms with Gasteiger partial charge in [-0.25, -0.2) is 0 Å². The van der Waals surface area contributed by atoms with Crippen molar-refractivity contribution in [2.24, 2.45) is 5.73 Å². The minimum Gasteiger partial charge on any atom is -0.381 e. The quantitative estimate of drug-likeness (QED) is 0.892. The highest BCUT2D eigenvalue weighted by molar-refractivity contribution is 7.07. The predicted octanol–water partition coefficient (Wildman–Crippen LogP) is 2.64. The maximum atomic E-state index is 6.34. The standard InChI is InChI=1S/C14H24N2OS/c1-3-13(15)14(11-6-9-18-10-11)16-7-4-12(17-2)5-8-16/h6,9-10,12-14H,3-5,7-8,15H2,1-2H3. The summed E-state index contributed by atoms with van der Waals surface area (Å²) in [5.74, 6) is 0. The smallest absolute Gasteiger partial charge is 0.0595 e. The molecule has 0 saturated carbocycles. The molecule has 2 heterocycles. The summed E-state index contributed by atoms with van der Waals surface area (Å²) < 4.78 is 5.44. The first-order chi connectivity index (χ1) is 8.76. The van der Waals surface area contributed by atoms with E-state index in [1.807, 2.05) is 7.11 Å². The van der Waals surface area contributed by atoms with Gasteiger partial charge in [-0.05, 0) is 41.7 Å². The van der Waals surface area contributed by atoms with Crippen molar-refractivity contribution in [1.82, 2.24) is 4.90 Å². The molecule has 1 aliphatic heterocycles. The Morgan fingerprint density at radius 3 is 2.72 bits per heavy atom. The van der Waals surface area contributed by atoms with Gasteiger partial charge in [0.25, 0.3) is 0 Å². The molecule has 1 saturated heterocycles. The molecule has 2 atom stereocenters. The van der Waals surface area contributed by atoms with Crippen molar-refractivity contribution in [3.8, 4) is 0 Å². The Labute approximate surface area is 114 Å². The van der Waals surface area contributed by atoms with Gasteiger partial charge in [-0.2, -0.15) is 11.3 Å². The first-order valence-corrected chi connectivity index (χ1v) is 7.75. The molecule has 2 rings (SSSR count). The highest BCUT2D eigenvalue weighted by Crippen LogP contribution is 2.30. The molecule has 0 spiro atoms. The third kappa shape index (κ3) is 3.12. The molecule has 2 unspecified atom stereocenters. The van der Waals surface area contributed by atoms with Gasteiger partial charge < -0.3 is 10.5 Å². The fourth-order valence-corrected chi connectivity index (χ4v) is 3.47. The number of likely N-dealkylation sites (tertiary alicyclic amines) is 1. The number of methoxy groups -OCH3 is 1. The molecule has 0 aromatic carbocycles. The van der Waals surface area contributed by atoms with Crippen LogP contribution in [0.3, 0.4) is 0 Å². The molecule has 0 amide bonds. The third-order valence-electron chi connectivity index (χ3n) is 3.96. The van der Waals surface area contributed by atoms with E-state index in [-0.39, 0.29) is 6.04 Å². The molecular formula is C14H24N2OS. The highest BCUT2D eigenvalue weighted by Gasteiger charge is 2.29. The molecule has 3 nitrogen and oxygen atoms in total. The van der Waals surface area contributed by atoms with Crippen LogP contribution in [0.5, 0.6) is 0 Å². The predicted molar refractivity (Wildman–Crippen MR) is 76.9 cm³/mol. The van der Waals surface area contributed by atoms with Crippen molar-refractivity contribution in [3.05, 3.63) is 22.4 Å². The van der Waals surface area contributed by atoms with Crippen LogP contribution in [0.15, 0.2) is 16.8 Å². The Hall–Kier alpha value is -0.420. The van der Waals surface area contributed by atoms with E-state index in [2.05, 4.69) is 28.7 Å². The minimum atomic E-state index is 0.221. The van der Waals surface area contributed by atoms with Crippen LogP contribution in [0.1, 0.15) is 37.8 Å². The van der Waals surface area contributed by atoms with Crippen molar-refractivity contribution in [2.75, 3.05) is 20.2 Å². The second kappa shape index (κ2) is 6.66. The normalized spacial score (nSPS) is 21.9. The van der Waals surface area contributed by atoms with Crippen LogP contribution in [0.25, 0.3) is 0 Å². The van der Waals surface area contributed by atoms with E-state index in [4.69, 9.17) is 10.5 Å². The molecule has 0 aliphatic carbocycles. The lowest BCUT2D eigenvalue weighted by atomic mass is 9.95. The zero-order valence-electron chi connectivity index (χ0n) is 11.3. The SMILES string of the molecule is CCC(N)C(c1ccsc1)N1CCC(OC)CC1. The highest BCUT2D eigenvalue weighted by atomic mass is 32.1. The van der Waals surface area contributed by atoms with Crippen molar-refractivity contribution >= 4 is 11.3 Å². The monoisotopic (exact) mass is 268 g/mol. The van der Waals surface area contributed by atoms with Gasteiger partial charge in [0.15, 0.2) is 0 Å². The van der Waals surface area contributed by atoms with Gasteiger partial charge in [0.05, 0.1) is 12.1 Å². The summed E-state index contributed by atoms with van der Waals surface area (Å²) in [7, 11) is 1.81. The van der Waals surface area contributed by atoms with Crippen LogP contribution in [-0.4, -0.2) is 37.2 Å². The number of ether oxygens (including phenoxy) is 1. The van der Waals surface area contributed by atoms with E-state index < -0.39 is 0 Å². The number of hydrogen-bond acceptors (Lipinski definition) is 4. The Morgan fingerprint density at radius 1 is 1.50 bits per heavy atom. The van der Waals surface area contributed by atoms with Crippen molar-refractivity contribution < 1.29 is 4.74 Å². The molecule has 1 fully saturated rings. The number of hydrogen-bond donors (Lipinski definition) is 1. The van der Waals surface area contributed by atoms with Crippen LogP contribution < -0.4 is 5.73 Å². The first kappa shape index (κ1) is 14.0. The molecule has 2 N–H and O–H groups in total. The topological polar surface area (TPSA) is 38.5 Å². The van der Waals surface area contributed by atoms with E-state index in [1.54, 1.807) is 11.3 Å². The molecule has 4 heteroatoms. The van der Waals surface area contributed by atoms with Crippen LogP contribution in [-0.2, 0) is 4.74 Å². The summed E-state index contributed by atoms with van der Waals surface area (Å²) in [6, 6.07) is 2.81. The van der Waals surface area contributed by atoms with Crippen molar-refractivity contribution in [1.29, 1.82) is 0 Å². The average Bonchev–Trinajstić information content (AvgIpc) is 2.93. The Kier molecular flexibility index (Phi) is 5.18. The summed E-state index contributed by atoms with van der Waals surface area (Å²) in [4.78, 5) is 2.53. The average molecular weight is 268 g/mol. The molecule has 0 radical (unpaired) electrons. The van der Waals surface area contributed by atoms with E-state index in [9.17, 15) is 0 Å². The van der Waals surface area contributed by atoms with Gasteiger partial charge in [-0.1, -0.05) is 6.92 Å². The van der Waals surface area contributed by atoms with Crippen LogP contribution in [0.2, 0.25) is 0 Å². The maximum Gasteiger partial charge on any atom is 0.0595 e. The summed E-state index contributed by atoms with van der Waals surface area (Å²) >= 11 is 1.76. The maximum absolute atomic E-state index is 6.34. The number of nitrogens with zero attached hydrogens (tertiary/aromatic N) is 1. The van der Waals surface area contributed by atoms with E-state index in [0.717, 1.165) is 32.4 Å². The van der Waals surface area contributed by atoms with Crippen molar-refractivity contribution in [3.63, 3.8) is 0 Å². The Balaban J connectivity index is 2.06. The summed E-state index contributed by atoms with van der Waals surface area (Å²) in [5, 5.41) is 4.38. The summed E-state index contributed by atoms with van der Waals surface area (Å²) in [6.07, 6.45) is 3.69. The number of piperidine rings is 1. The van der Waals surface area contributed by atoms with Gasteiger partial charge in [-0.15, -0.1) is 0 Å². The largest absolute Gasteiger partial charge is 0.381 e. The van der Waals surface area contributed by atoms with E-state index in [1.165, 1.54) is 5.56 Å². The lowest BCUT2D eigenvalue weighted by Crippen LogP contribution is -2.45. The van der Waals surface area contributed by atoms with E-state index in [0.29, 0.717) is 12.1 Å². The molecule has 18 heavy (non-hydrogen) atoms. The fourth-order valence-electron chi connectivity index (χ4n) is 2.78. The minimum absolute atomic E-state index is 0.221. The Morgan fingerprint density at radius 2 is 2.22 bits per heavy atom. The zero-order chi connectivity index (χ0) is 13.0. The van der Waals surface area contributed by atoms with Crippen LogP contribution in [0.4, 0.5) is 0 Å².